The second-order valence-corrected chi connectivity index (χ2v) is 3.92. The summed E-state index contributed by atoms with van der Waals surface area (Å²) < 4.78 is 38.3. The van der Waals surface area contributed by atoms with Crippen LogP contribution in [-0.2, 0) is 4.18 Å². The lowest BCUT2D eigenvalue weighted by Crippen LogP contribution is -2.07. The summed E-state index contributed by atoms with van der Waals surface area (Å²) in [7, 11) is 0. The molecule has 0 saturated carbocycles. The van der Waals surface area contributed by atoms with E-state index < -0.39 is 6.36 Å². The molecule has 0 bridgehead atoms. The van der Waals surface area contributed by atoms with Crippen LogP contribution in [0.3, 0.4) is 0 Å². The minimum atomic E-state index is -4.61. The van der Waals surface area contributed by atoms with E-state index in [0.717, 1.165) is 11.3 Å². The fourth-order valence-electron chi connectivity index (χ4n) is 0.467. The van der Waals surface area contributed by atoms with Gasteiger partial charge in [-0.05, 0) is 12.1 Å². The topological polar surface area (TPSA) is 9.23 Å². The van der Waals surface area contributed by atoms with Gasteiger partial charge in [0.1, 0.15) is 0 Å². The van der Waals surface area contributed by atoms with Gasteiger partial charge in [0.2, 0.25) is 0 Å². The molecular formula is C6H3F3OS2. The smallest absolute Gasteiger partial charge is 0.214 e. The van der Waals surface area contributed by atoms with E-state index in [1.165, 1.54) is 12.1 Å². The van der Waals surface area contributed by atoms with Gasteiger partial charge in [0.15, 0.2) is 0 Å². The molecule has 0 spiro atoms. The van der Waals surface area contributed by atoms with Gasteiger partial charge in [0.05, 0.1) is 4.21 Å². The predicted molar refractivity (Wildman–Crippen MR) is 40.7 cm³/mol. The molecule has 0 aliphatic rings. The van der Waals surface area contributed by atoms with Crippen LogP contribution in [0.15, 0.2) is 16.3 Å². The van der Waals surface area contributed by atoms with E-state index in [9.17, 15) is 13.2 Å². The van der Waals surface area contributed by atoms with Crippen LogP contribution in [0, 0.1) is 6.92 Å². The lowest BCUT2D eigenvalue weighted by molar-refractivity contribution is -0.266. The molecule has 66 valence electrons. The maximum Gasteiger partial charge on any atom is 0.534 e. The molecule has 0 unspecified atom stereocenters. The summed E-state index contributed by atoms with van der Waals surface area (Å²) >= 11 is 1.31. The van der Waals surface area contributed by atoms with E-state index in [0.29, 0.717) is 9.09 Å². The second-order valence-electron chi connectivity index (χ2n) is 1.77. The summed E-state index contributed by atoms with van der Waals surface area (Å²) in [6, 6.07) is 2.99. The molecule has 0 amide bonds. The average Bonchev–Trinajstić information content (AvgIpc) is 2.30. The third-order valence-electron chi connectivity index (χ3n) is 0.820. The minimum Gasteiger partial charge on any atom is -0.214 e. The van der Waals surface area contributed by atoms with E-state index in [2.05, 4.69) is 4.18 Å². The van der Waals surface area contributed by atoms with Gasteiger partial charge in [-0.1, -0.05) is 0 Å². The molecule has 1 rings (SSSR count). The van der Waals surface area contributed by atoms with Gasteiger partial charge >= 0.3 is 6.36 Å². The second kappa shape index (κ2) is 3.68. The third-order valence-corrected chi connectivity index (χ3v) is 2.56. The minimum absolute atomic E-state index is 0.262. The first-order valence-corrected chi connectivity index (χ1v) is 4.31. The van der Waals surface area contributed by atoms with E-state index in [1.807, 2.05) is 0 Å². The Bertz CT molecular complexity index is 256. The first-order chi connectivity index (χ1) is 5.47. The fraction of sp³-hybridized carbons (Fsp3) is 0.167. The highest BCUT2D eigenvalue weighted by Gasteiger charge is 2.30. The van der Waals surface area contributed by atoms with Gasteiger partial charge in [0, 0.05) is 23.8 Å². The molecule has 1 aromatic rings. The summed E-state index contributed by atoms with van der Waals surface area (Å²) in [6.45, 7) is 5.29. The van der Waals surface area contributed by atoms with E-state index >= 15 is 0 Å². The summed E-state index contributed by atoms with van der Waals surface area (Å²) in [5.41, 5.74) is 0. The molecule has 0 fully saturated rings. The molecule has 0 N–H and O–H groups in total. The van der Waals surface area contributed by atoms with Crippen LogP contribution in [0.4, 0.5) is 13.2 Å². The SMILES string of the molecule is [CH]c1ccc(SOC(F)(F)F)s1. The van der Waals surface area contributed by atoms with Crippen molar-refractivity contribution in [3.8, 4) is 0 Å². The standard InChI is InChI=1S/C6H3F3OS2/c1-4-2-3-5(11-4)12-10-6(7,8)9/h1-3H. The lowest BCUT2D eigenvalue weighted by atomic mass is 10.5. The summed E-state index contributed by atoms with van der Waals surface area (Å²) in [6.07, 6.45) is -4.61. The van der Waals surface area contributed by atoms with Crippen LogP contribution >= 0.6 is 23.4 Å². The van der Waals surface area contributed by atoms with Crippen LogP contribution in [0.2, 0.25) is 0 Å². The number of alkyl halides is 3. The Morgan fingerprint density at radius 2 is 2.08 bits per heavy atom. The monoisotopic (exact) mass is 212 g/mol. The highest BCUT2D eigenvalue weighted by molar-refractivity contribution is 7.96. The normalized spacial score (nSPS) is 12.0. The number of thiophene rings is 1. The number of hydrogen-bond donors (Lipinski definition) is 0. The van der Waals surface area contributed by atoms with Crippen molar-refractivity contribution < 1.29 is 17.4 Å². The Morgan fingerprint density at radius 3 is 2.50 bits per heavy atom. The molecule has 2 radical (unpaired) electrons. The Hall–Kier alpha value is -0.200. The molecule has 0 aromatic carbocycles. The molecule has 6 heteroatoms. The highest BCUT2D eigenvalue weighted by Crippen LogP contribution is 2.33. The number of hydrogen-bond acceptors (Lipinski definition) is 3. The van der Waals surface area contributed by atoms with Crippen LogP contribution in [0.5, 0.6) is 0 Å². The van der Waals surface area contributed by atoms with Crippen molar-refractivity contribution >= 4 is 23.4 Å². The van der Waals surface area contributed by atoms with Crippen molar-refractivity contribution in [2.24, 2.45) is 0 Å². The Kier molecular flexibility index (Phi) is 3.03. The first kappa shape index (κ1) is 9.88. The van der Waals surface area contributed by atoms with Gasteiger partial charge in [0.25, 0.3) is 0 Å². The van der Waals surface area contributed by atoms with E-state index in [-0.39, 0.29) is 12.0 Å². The maximum atomic E-state index is 11.5. The van der Waals surface area contributed by atoms with Crippen LogP contribution in [0.25, 0.3) is 0 Å². The van der Waals surface area contributed by atoms with Crippen molar-refractivity contribution in [2.45, 2.75) is 10.6 Å². The zero-order chi connectivity index (χ0) is 9.19. The van der Waals surface area contributed by atoms with Crippen molar-refractivity contribution in [3.05, 3.63) is 23.9 Å². The van der Waals surface area contributed by atoms with Gasteiger partial charge in [-0.15, -0.1) is 24.5 Å². The first-order valence-electron chi connectivity index (χ1n) is 2.75. The zero-order valence-electron chi connectivity index (χ0n) is 5.59. The van der Waals surface area contributed by atoms with Crippen molar-refractivity contribution in [1.29, 1.82) is 0 Å². The molecule has 1 aromatic heterocycles. The van der Waals surface area contributed by atoms with Gasteiger partial charge in [-0.2, -0.15) is 0 Å². The van der Waals surface area contributed by atoms with E-state index in [1.54, 1.807) is 0 Å². The Balaban J connectivity index is 2.44. The number of rotatable bonds is 2. The van der Waals surface area contributed by atoms with Gasteiger partial charge in [-0.3, -0.25) is 0 Å². The Labute approximate surface area is 75.7 Å². The average molecular weight is 212 g/mol. The summed E-state index contributed by atoms with van der Waals surface area (Å²) in [5, 5.41) is 0. The molecule has 1 nitrogen and oxygen atoms in total. The lowest BCUT2D eigenvalue weighted by Gasteiger charge is -2.02. The van der Waals surface area contributed by atoms with Crippen molar-refractivity contribution in [2.75, 3.05) is 0 Å². The van der Waals surface area contributed by atoms with Crippen LogP contribution in [-0.4, -0.2) is 6.36 Å². The molecular weight excluding hydrogens is 209 g/mol. The Morgan fingerprint density at radius 1 is 1.42 bits per heavy atom. The number of halogens is 3. The van der Waals surface area contributed by atoms with E-state index in [4.69, 9.17) is 6.92 Å². The fourth-order valence-corrected chi connectivity index (χ4v) is 1.80. The predicted octanol–water partition coefficient (Wildman–Crippen LogP) is 3.35. The molecule has 0 saturated heterocycles. The van der Waals surface area contributed by atoms with Gasteiger partial charge in [-0.25, -0.2) is 4.18 Å². The molecule has 0 atom stereocenters. The van der Waals surface area contributed by atoms with Crippen molar-refractivity contribution in [1.82, 2.24) is 0 Å². The molecule has 0 aliphatic heterocycles. The summed E-state index contributed by atoms with van der Waals surface area (Å²) in [5.74, 6) is 0. The highest BCUT2D eigenvalue weighted by atomic mass is 32.2. The zero-order valence-corrected chi connectivity index (χ0v) is 7.22. The summed E-state index contributed by atoms with van der Waals surface area (Å²) in [4.78, 5) is 0.461. The molecule has 12 heavy (non-hydrogen) atoms. The molecule has 0 aliphatic carbocycles. The maximum absolute atomic E-state index is 11.5. The molecule has 1 heterocycles. The van der Waals surface area contributed by atoms with Crippen LogP contribution in [0.1, 0.15) is 4.88 Å². The van der Waals surface area contributed by atoms with Crippen molar-refractivity contribution in [3.63, 3.8) is 0 Å². The quantitative estimate of drug-likeness (QED) is 0.695. The largest absolute Gasteiger partial charge is 0.534 e. The van der Waals surface area contributed by atoms with Crippen LogP contribution < -0.4 is 0 Å². The van der Waals surface area contributed by atoms with Gasteiger partial charge < -0.3 is 0 Å². The third kappa shape index (κ3) is 3.46.